The van der Waals surface area contributed by atoms with Crippen LogP contribution in [0.1, 0.15) is 11.3 Å². The first-order valence-electron chi connectivity index (χ1n) is 7.85. The molecule has 1 heterocycles. The van der Waals surface area contributed by atoms with Crippen LogP contribution >= 0.6 is 0 Å². The third-order valence-corrected chi connectivity index (χ3v) is 3.89. The summed E-state index contributed by atoms with van der Waals surface area (Å²) in [6.45, 7) is 1.79. The number of para-hydroxylation sites is 2. The van der Waals surface area contributed by atoms with Gasteiger partial charge in [0.1, 0.15) is 0 Å². The molecule has 0 atom stereocenters. The Balaban J connectivity index is 1.80. The summed E-state index contributed by atoms with van der Waals surface area (Å²) < 4.78 is 1.47. The quantitative estimate of drug-likeness (QED) is 0.543. The Hall–Kier alpha value is -3.68. The van der Waals surface area contributed by atoms with Gasteiger partial charge >= 0.3 is 5.69 Å². The van der Waals surface area contributed by atoms with Crippen LogP contribution in [0.3, 0.4) is 0 Å². The lowest BCUT2D eigenvalue weighted by Crippen LogP contribution is -2.20. The van der Waals surface area contributed by atoms with Gasteiger partial charge < -0.3 is 10.3 Å². The van der Waals surface area contributed by atoms with E-state index in [1.807, 2.05) is 0 Å². The molecule has 0 saturated carbocycles. The van der Waals surface area contributed by atoms with E-state index in [2.05, 4.69) is 10.3 Å². The van der Waals surface area contributed by atoms with Crippen LogP contribution in [0, 0.1) is 17.0 Å². The molecule has 0 aliphatic carbocycles. The van der Waals surface area contributed by atoms with Crippen molar-refractivity contribution in [3.8, 4) is 5.69 Å². The number of aryl methyl sites for hydroxylation is 1. The van der Waals surface area contributed by atoms with Crippen LogP contribution in [0.5, 0.6) is 0 Å². The summed E-state index contributed by atoms with van der Waals surface area (Å²) in [6, 6.07) is 12.8. The minimum absolute atomic E-state index is 0.0261. The van der Waals surface area contributed by atoms with Crippen LogP contribution in [0.4, 0.5) is 11.4 Å². The Kier molecular flexibility index (Phi) is 4.66. The molecule has 2 N–H and O–H groups in total. The summed E-state index contributed by atoms with van der Waals surface area (Å²) in [7, 11) is 0. The number of rotatable bonds is 5. The molecule has 0 aliphatic heterocycles. The van der Waals surface area contributed by atoms with Crippen LogP contribution in [-0.2, 0) is 11.2 Å². The third kappa shape index (κ3) is 3.54. The Morgan fingerprint density at radius 3 is 2.50 bits per heavy atom. The molecule has 2 aromatic carbocycles. The van der Waals surface area contributed by atoms with Crippen molar-refractivity contribution in [3.05, 3.63) is 86.6 Å². The molecule has 0 spiro atoms. The number of benzene rings is 2. The van der Waals surface area contributed by atoms with Gasteiger partial charge in [-0.2, -0.15) is 0 Å². The van der Waals surface area contributed by atoms with E-state index in [9.17, 15) is 19.7 Å². The summed E-state index contributed by atoms with van der Waals surface area (Å²) in [5.41, 5.74) is 2.12. The second-order valence-corrected chi connectivity index (χ2v) is 5.74. The second-order valence-electron chi connectivity index (χ2n) is 5.74. The van der Waals surface area contributed by atoms with E-state index in [1.165, 1.54) is 16.7 Å². The fourth-order valence-corrected chi connectivity index (χ4v) is 2.64. The van der Waals surface area contributed by atoms with E-state index < -0.39 is 4.92 Å². The zero-order valence-corrected chi connectivity index (χ0v) is 13.9. The molecule has 1 amide bonds. The van der Waals surface area contributed by atoms with Gasteiger partial charge in [0.25, 0.3) is 5.69 Å². The molecule has 0 saturated heterocycles. The summed E-state index contributed by atoms with van der Waals surface area (Å²) in [5, 5.41) is 13.5. The SMILES string of the molecule is Cc1c[nH]c(=O)n1-c1ccccc1NC(=O)Cc1ccc([N+](=O)[O-])cc1. The van der Waals surface area contributed by atoms with Gasteiger partial charge in [0.2, 0.25) is 5.91 Å². The number of nitrogens with one attached hydrogen (secondary N) is 2. The van der Waals surface area contributed by atoms with Crippen molar-refractivity contribution in [1.29, 1.82) is 0 Å². The second kappa shape index (κ2) is 7.06. The van der Waals surface area contributed by atoms with E-state index in [1.54, 1.807) is 49.5 Å². The normalized spacial score (nSPS) is 10.5. The number of carbonyl (C=O) groups is 1. The Labute approximate surface area is 148 Å². The zero-order chi connectivity index (χ0) is 18.7. The molecule has 3 rings (SSSR count). The van der Waals surface area contributed by atoms with Crippen molar-refractivity contribution >= 4 is 17.3 Å². The number of imidazole rings is 1. The number of H-pyrrole nitrogens is 1. The number of aromatic amines is 1. The highest BCUT2D eigenvalue weighted by molar-refractivity contribution is 5.94. The molecule has 8 nitrogen and oxygen atoms in total. The number of aromatic nitrogens is 2. The van der Waals surface area contributed by atoms with Gasteiger partial charge in [0.15, 0.2) is 0 Å². The van der Waals surface area contributed by atoms with E-state index >= 15 is 0 Å². The first-order chi connectivity index (χ1) is 12.5. The van der Waals surface area contributed by atoms with Gasteiger partial charge in [0, 0.05) is 24.0 Å². The van der Waals surface area contributed by atoms with Crippen LogP contribution in [0.2, 0.25) is 0 Å². The molecule has 1 aromatic heterocycles. The van der Waals surface area contributed by atoms with Gasteiger partial charge in [-0.25, -0.2) is 4.79 Å². The largest absolute Gasteiger partial charge is 0.330 e. The molecule has 3 aromatic rings. The number of nitro benzene ring substituents is 1. The first-order valence-corrected chi connectivity index (χ1v) is 7.85. The van der Waals surface area contributed by atoms with E-state index in [0.717, 1.165) is 0 Å². The monoisotopic (exact) mass is 352 g/mol. The molecular formula is C18H16N4O4. The predicted octanol–water partition coefficient (Wildman–Crippen LogP) is 2.56. The maximum Gasteiger partial charge on any atom is 0.330 e. The Morgan fingerprint density at radius 1 is 1.19 bits per heavy atom. The van der Waals surface area contributed by atoms with Crippen molar-refractivity contribution in [2.75, 3.05) is 5.32 Å². The van der Waals surface area contributed by atoms with Gasteiger partial charge in [0.05, 0.1) is 22.7 Å². The van der Waals surface area contributed by atoms with Crippen LogP contribution in [-0.4, -0.2) is 20.4 Å². The maximum atomic E-state index is 12.4. The Morgan fingerprint density at radius 2 is 1.88 bits per heavy atom. The lowest BCUT2D eigenvalue weighted by molar-refractivity contribution is -0.384. The Bertz CT molecular complexity index is 1020. The number of carbonyl (C=O) groups excluding carboxylic acids is 1. The number of hydrogen-bond acceptors (Lipinski definition) is 4. The van der Waals surface area contributed by atoms with Gasteiger partial charge in [-0.1, -0.05) is 24.3 Å². The molecule has 0 bridgehead atoms. The highest BCUT2D eigenvalue weighted by Crippen LogP contribution is 2.20. The summed E-state index contributed by atoms with van der Waals surface area (Å²) in [4.78, 5) is 37.1. The standard InChI is InChI=1S/C18H16N4O4/c1-12-11-19-18(24)21(12)16-5-3-2-4-15(16)20-17(23)10-13-6-8-14(9-7-13)22(25)26/h2-9,11H,10H2,1H3,(H,19,24)(H,20,23). The summed E-state index contributed by atoms with van der Waals surface area (Å²) >= 11 is 0. The van der Waals surface area contributed by atoms with Crippen molar-refractivity contribution in [3.63, 3.8) is 0 Å². The lowest BCUT2D eigenvalue weighted by atomic mass is 10.1. The maximum absolute atomic E-state index is 12.4. The summed E-state index contributed by atoms with van der Waals surface area (Å²) in [6.07, 6.45) is 1.66. The van der Waals surface area contributed by atoms with E-state index in [4.69, 9.17) is 0 Å². The van der Waals surface area contributed by atoms with E-state index in [-0.39, 0.29) is 23.7 Å². The van der Waals surface area contributed by atoms with E-state index in [0.29, 0.717) is 22.6 Å². The minimum atomic E-state index is -0.489. The average Bonchev–Trinajstić information content (AvgIpc) is 2.94. The highest BCUT2D eigenvalue weighted by atomic mass is 16.6. The molecule has 0 aliphatic rings. The van der Waals surface area contributed by atoms with Crippen molar-refractivity contribution in [2.45, 2.75) is 13.3 Å². The number of nitro groups is 1. The number of hydrogen-bond donors (Lipinski definition) is 2. The molecule has 26 heavy (non-hydrogen) atoms. The number of non-ortho nitro benzene ring substituents is 1. The molecule has 0 unspecified atom stereocenters. The molecule has 0 fully saturated rings. The minimum Gasteiger partial charge on any atom is -0.324 e. The first kappa shape index (κ1) is 17.2. The molecule has 0 radical (unpaired) electrons. The van der Waals surface area contributed by atoms with Crippen LogP contribution < -0.4 is 11.0 Å². The number of anilines is 1. The third-order valence-electron chi connectivity index (χ3n) is 3.89. The smallest absolute Gasteiger partial charge is 0.324 e. The molecule has 8 heteroatoms. The van der Waals surface area contributed by atoms with Crippen LogP contribution in [0.25, 0.3) is 5.69 Å². The van der Waals surface area contributed by atoms with Crippen molar-refractivity contribution in [1.82, 2.24) is 9.55 Å². The van der Waals surface area contributed by atoms with Crippen LogP contribution in [0.15, 0.2) is 59.5 Å². The number of nitrogens with zero attached hydrogens (tertiary/aromatic N) is 2. The van der Waals surface area contributed by atoms with Gasteiger partial charge in [-0.15, -0.1) is 0 Å². The van der Waals surface area contributed by atoms with Crippen molar-refractivity contribution < 1.29 is 9.72 Å². The topological polar surface area (TPSA) is 110 Å². The summed E-state index contributed by atoms with van der Waals surface area (Å²) in [5.74, 6) is -0.285. The highest BCUT2D eigenvalue weighted by Gasteiger charge is 2.13. The molecule has 132 valence electrons. The fraction of sp³-hybridized carbons (Fsp3) is 0.111. The lowest BCUT2D eigenvalue weighted by Gasteiger charge is -2.12. The average molecular weight is 352 g/mol. The molecular weight excluding hydrogens is 336 g/mol. The van der Waals surface area contributed by atoms with Gasteiger partial charge in [-0.3, -0.25) is 19.5 Å². The predicted molar refractivity (Wildman–Crippen MR) is 96.6 cm³/mol. The zero-order valence-electron chi connectivity index (χ0n) is 13.9. The fourth-order valence-electron chi connectivity index (χ4n) is 2.64. The number of amides is 1. The van der Waals surface area contributed by atoms with Gasteiger partial charge in [-0.05, 0) is 24.6 Å². The van der Waals surface area contributed by atoms with Crippen molar-refractivity contribution in [2.24, 2.45) is 0 Å².